The third-order valence-corrected chi connectivity index (χ3v) is 15.3. The minimum atomic E-state index is -0.777. The van der Waals surface area contributed by atoms with Crippen LogP contribution >= 0.6 is 0 Å². The summed E-state index contributed by atoms with van der Waals surface area (Å²) in [7, 11) is 0. The Bertz CT molecular complexity index is 1270. The smallest absolute Gasteiger partial charge is 0.306 e. The maximum absolute atomic E-state index is 12.9. The summed E-state index contributed by atoms with van der Waals surface area (Å²) in [6.45, 7) is 6.69. The summed E-state index contributed by atoms with van der Waals surface area (Å²) in [4.78, 5) is 38.4. The first-order valence-corrected chi connectivity index (χ1v) is 34.0. The van der Waals surface area contributed by atoms with Crippen LogP contribution in [-0.2, 0) is 28.6 Å². The highest BCUT2D eigenvalue weighted by atomic mass is 16.6. The van der Waals surface area contributed by atoms with Crippen LogP contribution in [0, 0.1) is 0 Å². The Morgan fingerprint density at radius 1 is 0.250 bits per heavy atom. The van der Waals surface area contributed by atoms with Gasteiger partial charge in [0.15, 0.2) is 6.10 Å². The van der Waals surface area contributed by atoms with Crippen LogP contribution in [0.15, 0.2) is 36.5 Å². The summed E-state index contributed by atoms with van der Waals surface area (Å²) in [5, 5.41) is 0. The topological polar surface area (TPSA) is 78.9 Å². The second kappa shape index (κ2) is 65.2. The Morgan fingerprint density at radius 3 is 0.658 bits per heavy atom. The monoisotopic (exact) mass is 1070 g/mol. The molecule has 0 radical (unpaired) electrons. The lowest BCUT2D eigenvalue weighted by molar-refractivity contribution is -0.167. The van der Waals surface area contributed by atoms with E-state index in [4.69, 9.17) is 14.2 Å². The molecule has 0 spiro atoms. The molecule has 0 amide bonds. The van der Waals surface area contributed by atoms with Gasteiger partial charge < -0.3 is 14.2 Å². The van der Waals surface area contributed by atoms with Crippen molar-refractivity contribution in [2.45, 2.75) is 380 Å². The van der Waals surface area contributed by atoms with Crippen LogP contribution in [0.3, 0.4) is 0 Å². The molecule has 1 unspecified atom stereocenters. The number of hydrogen-bond donors (Lipinski definition) is 0. The Hall–Kier alpha value is -2.37. The van der Waals surface area contributed by atoms with Gasteiger partial charge in [0.05, 0.1) is 0 Å². The summed E-state index contributed by atoms with van der Waals surface area (Å²) in [6.07, 6.45) is 80.1. The largest absolute Gasteiger partial charge is 0.462 e. The fourth-order valence-electron chi connectivity index (χ4n) is 10.2. The highest BCUT2D eigenvalue weighted by Gasteiger charge is 2.19. The lowest BCUT2D eigenvalue weighted by atomic mass is 10.0. The summed E-state index contributed by atoms with van der Waals surface area (Å²) < 4.78 is 17.0. The molecule has 0 aromatic heterocycles. The molecule has 76 heavy (non-hydrogen) atoms. The molecule has 0 fully saturated rings. The van der Waals surface area contributed by atoms with Crippen LogP contribution in [0.2, 0.25) is 0 Å². The second-order valence-corrected chi connectivity index (χ2v) is 23.1. The Kier molecular flexibility index (Phi) is 63.1. The molecule has 0 aliphatic rings. The van der Waals surface area contributed by atoms with Crippen LogP contribution in [0.5, 0.6) is 0 Å². The minimum absolute atomic E-state index is 0.0725. The van der Waals surface area contributed by atoms with Crippen LogP contribution in [0.25, 0.3) is 0 Å². The zero-order valence-corrected chi connectivity index (χ0v) is 51.3. The highest BCUT2D eigenvalue weighted by molar-refractivity contribution is 5.71. The van der Waals surface area contributed by atoms with E-state index in [0.29, 0.717) is 19.3 Å². The summed E-state index contributed by atoms with van der Waals surface area (Å²) >= 11 is 0. The Balaban J connectivity index is 4.31. The van der Waals surface area contributed by atoms with E-state index in [0.717, 1.165) is 64.2 Å². The standard InChI is InChI=1S/C70H130O6/c1-4-7-10-13-16-19-22-25-28-31-33-34-35-36-38-39-42-45-48-51-54-57-60-63-69(72)75-66-67(65-74-68(71)62-59-56-53-50-47-44-41-30-27-24-21-18-15-12-9-6-3)76-70(73)64-61-58-55-52-49-46-43-40-37-32-29-26-23-20-17-14-11-8-5-2/h26,29-31,33,41,67H,4-25,27-28,32,34-40,42-66H2,1-3H3/b29-26-,33-31-,41-30-. The molecule has 0 saturated heterocycles. The normalized spacial score (nSPS) is 12.2. The average molecular weight is 1070 g/mol. The van der Waals surface area contributed by atoms with Crippen LogP contribution in [0.1, 0.15) is 374 Å². The predicted octanol–water partition coefficient (Wildman–Crippen LogP) is 23.2. The Morgan fingerprint density at radius 2 is 0.434 bits per heavy atom. The number of unbranched alkanes of at least 4 members (excludes halogenated alkanes) is 46. The molecule has 446 valence electrons. The fourth-order valence-corrected chi connectivity index (χ4v) is 10.2. The number of carbonyl (C=O) groups is 3. The van der Waals surface area contributed by atoms with Crippen LogP contribution in [0.4, 0.5) is 0 Å². The molecule has 6 heteroatoms. The molecule has 0 heterocycles. The molecule has 6 nitrogen and oxygen atoms in total. The maximum Gasteiger partial charge on any atom is 0.306 e. The van der Waals surface area contributed by atoms with Gasteiger partial charge in [-0.1, -0.05) is 295 Å². The first-order valence-electron chi connectivity index (χ1n) is 34.0. The highest BCUT2D eigenvalue weighted by Crippen LogP contribution is 2.17. The van der Waals surface area contributed by atoms with Gasteiger partial charge in [0.1, 0.15) is 13.2 Å². The van der Waals surface area contributed by atoms with E-state index in [1.807, 2.05) is 0 Å². The third-order valence-electron chi connectivity index (χ3n) is 15.3. The van der Waals surface area contributed by atoms with Crippen LogP contribution in [-0.4, -0.2) is 37.2 Å². The second-order valence-electron chi connectivity index (χ2n) is 23.1. The number of ether oxygens (including phenoxy) is 3. The van der Waals surface area contributed by atoms with Gasteiger partial charge in [0.25, 0.3) is 0 Å². The van der Waals surface area contributed by atoms with Gasteiger partial charge in [0, 0.05) is 19.3 Å². The molecule has 1 atom stereocenters. The van der Waals surface area contributed by atoms with Crippen molar-refractivity contribution in [3.05, 3.63) is 36.5 Å². The van der Waals surface area contributed by atoms with Crippen molar-refractivity contribution in [2.24, 2.45) is 0 Å². The van der Waals surface area contributed by atoms with Gasteiger partial charge in [-0.05, 0) is 96.3 Å². The zero-order valence-electron chi connectivity index (χ0n) is 51.3. The first-order chi connectivity index (χ1) is 37.5. The molecule has 0 N–H and O–H groups in total. The van der Waals surface area contributed by atoms with Crippen molar-refractivity contribution in [3.63, 3.8) is 0 Å². The van der Waals surface area contributed by atoms with Crippen molar-refractivity contribution >= 4 is 17.9 Å². The van der Waals surface area contributed by atoms with Crippen molar-refractivity contribution in [2.75, 3.05) is 13.2 Å². The lowest BCUT2D eigenvalue weighted by Gasteiger charge is -2.18. The number of hydrogen-bond acceptors (Lipinski definition) is 6. The maximum atomic E-state index is 12.9. The van der Waals surface area contributed by atoms with Gasteiger partial charge in [0.2, 0.25) is 0 Å². The predicted molar refractivity (Wildman–Crippen MR) is 330 cm³/mol. The fraction of sp³-hybridized carbons (Fsp3) is 0.871. The molecular formula is C70H130O6. The molecule has 0 aliphatic heterocycles. The van der Waals surface area contributed by atoms with Gasteiger partial charge >= 0.3 is 17.9 Å². The van der Waals surface area contributed by atoms with Gasteiger partial charge in [-0.3, -0.25) is 14.4 Å². The van der Waals surface area contributed by atoms with Crippen molar-refractivity contribution in [3.8, 4) is 0 Å². The molecule has 0 bridgehead atoms. The molecule has 0 saturated carbocycles. The van der Waals surface area contributed by atoms with E-state index < -0.39 is 6.10 Å². The van der Waals surface area contributed by atoms with E-state index in [1.165, 1.54) is 270 Å². The first kappa shape index (κ1) is 73.6. The van der Waals surface area contributed by atoms with Crippen molar-refractivity contribution in [1.82, 2.24) is 0 Å². The summed E-state index contributed by atoms with van der Waals surface area (Å²) in [5.74, 6) is -0.859. The molecular weight excluding hydrogens is 937 g/mol. The van der Waals surface area contributed by atoms with E-state index in [1.54, 1.807) is 0 Å². The molecule has 0 aromatic carbocycles. The number of allylic oxidation sites excluding steroid dienone is 6. The van der Waals surface area contributed by atoms with Crippen LogP contribution < -0.4 is 0 Å². The average Bonchev–Trinajstić information content (AvgIpc) is 3.42. The van der Waals surface area contributed by atoms with E-state index in [9.17, 15) is 14.4 Å². The number of carbonyl (C=O) groups excluding carboxylic acids is 3. The quantitative estimate of drug-likeness (QED) is 0.0261. The number of rotatable bonds is 63. The molecule has 0 aromatic rings. The van der Waals surface area contributed by atoms with Crippen molar-refractivity contribution in [1.29, 1.82) is 0 Å². The van der Waals surface area contributed by atoms with Gasteiger partial charge in [-0.15, -0.1) is 0 Å². The zero-order chi connectivity index (χ0) is 55.0. The molecule has 0 rings (SSSR count). The van der Waals surface area contributed by atoms with Gasteiger partial charge in [-0.2, -0.15) is 0 Å². The Labute approximate surface area is 474 Å². The number of esters is 3. The minimum Gasteiger partial charge on any atom is -0.462 e. The SMILES string of the molecule is CCCCCCCC/C=C\CCCCCCCCCCCC(=O)OC(COC(=O)CCCCCCC/C=C\CCCCCCCCC)COC(=O)CCCCCCCCCCCCC/C=C\CCCCCCCCCC. The van der Waals surface area contributed by atoms with E-state index in [-0.39, 0.29) is 31.1 Å². The van der Waals surface area contributed by atoms with E-state index >= 15 is 0 Å². The molecule has 0 aliphatic carbocycles. The van der Waals surface area contributed by atoms with Crippen molar-refractivity contribution < 1.29 is 28.6 Å². The lowest BCUT2D eigenvalue weighted by Crippen LogP contribution is -2.30. The summed E-state index contributed by atoms with van der Waals surface area (Å²) in [5.41, 5.74) is 0. The van der Waals surface area contributed by atoms with E-state index in [2.05, 4.69) is 57.2 Å². The van der Waals surface area contributed by atoms with Gasteiger partial charge in [-0.25, -0.2) is 0 Å². The summed E-state index contributed by atoms with van der Waals surface area (Å²) in [6, 6.07) is 0. The third kappa shape index (κ3) is 62.5.